The molecule has 3 heterocycles. The Kier molecular flexibility index (Phi) is 8.89. The quantitative estimate of drug-likeness (QED) is 0.306. The van der Waals surface area contributed by atoms with E-state index >= 15 is 0 Å². The van der Waals surface area contributed by atoms with Gasteiger partial charge in [0.25, 0.3) is 0 Å². The van der Waals surface area contributed by atoms with E-state index < -0.39 is 40.2 Å². The molecular formula is C30H48N2O5S. The first-order chi connectivity index (χ1) is 17.6. The van der Waals surface area contributed by atoms with Crippen LogP contribution in [0.25, 0.3) is 0 Å². The van der Waals surface area contributed by atoms with Crippen molar-refractivity contribution in [1.29, 1.82) is 0 Å². The van der Waals surface area contributed by atoms with Crippen LogP contribution < -0.4 is 0 Å². The minimum Gasteiger partial charge on any atom is -0.461 e. The molecule has 214 valence electrons. The molecule has 7 nitrogen and oxygen atoms in total. The maximum Gasteiger partial charge on any atom is 0.311 e. The van der Waals surface area contributed by atoms with E-state index in [0.717, 1.165) is 12.8 Å². The van der Waals surface area contributed by atoms with Gasteiger partial charge in [0.15, 0.2) is 0 Å². The van der Waals surface area contributed by atoms with E-state index in [1.807, 2.05) is 18.7 Å². The number of aliphatic hydroxyl groups is 1. The van der Waals surface area contributed by atoms with Crippen molar-refractivity contribution in [2.45, 2.75) is 95.9 Å². The average Bonchev–Trinajstić information content (AvgIpc) is 3.38. The van der Waals surface area contributed by atoms with Gasteiger partial charge in [0.1, 0.15) is 12.6 Å². The molecule has 0 aromatic heterocycles. The summed E-state index contributed by atoms with van der Waals surface area (Å²) in [5.41, 5.74) is -0.541. The Morgan fingerprint density at radius 1 is 1.24 bits per heavy atom. The molecule has 3 unspecified atom stereocenters. The number of nitrogens with zero attached hydrogens (tertiary/aromatic N) is 2. The van der Waals surface area contributed by atoms with Gasteiger partial charge >= 0.3 is 5.97 Å². The molecule has 8 heteroatoms. The maximum atomic E-state index is 14.8. The van der Waals surface area contributed by atoms with Crippen LogP contribution >= 0.6 is 11.8 Å². The molecule has 0 aromatic rings. The molecule has 3 aliphatic rings. The average molecular weight is 549 g/mol. The summed E-state index contributed by atoms with van der Waals surface area (Å²) in [4.78, 5) is 46.0. The van der Waals surface area contributed by atoms with Crippen LogP contribution in [0, 0.1) is 29.1 Å². The monoisotopic (exact) mass is 548 g/mol. The number of hydrogen-bond acceptors (Lipinski definition) is 6. The first-order valence-electron chi connectivity index (χ1n) is 13.9. The van der Waals surface area contributed by atoms with Gasteiger partial charge in [-0.05, 0) is 43.9 Å². The first-order valence-corrected chi connectivity index (χ1v) is 14.8. The van der Waals surface area contributed by atoms with E-state index in [1.54, 1.807) is 22.7 Å². The molecule has 2 amide bonds. The van der Waals surface area contributed by atoms with Crippen molar-refractivity contribution in [3.8, 4) is 0 Å². The van der Waals surface area contributed by atoms with Gasteiger partial charge in [-0.3, -0.25) is 14.4 Å². The summed E-state index contributed by atoms with van der Waals surface area (Å²) in [6.07, 6.45) is 4.75. The zero-order valence-corrected chi connectivity index (χ0v) is 25.3. The van der Waals surface area contributed by atoms with Gasteiger partial charge in [0.2, 0.25) is 11.8 Å². The lowest BCUT2D eigenvalue weighted by Gasteiger charge is -2.48. The lowest BCUT2D eigenvalue weighted by atomic mass is 9.66. The second-order valence-corrected chi connectivity index (χ2v) is 15.0. The largest absolute Gasteiger partial charge is 0.461 e. The van der Waals surface area contributed by atoms with Gasteiger partial charge in [-0.25, -0.2) is 0 Å². The topological polar surface area (TPSA) is 87.2 Å². The van der Waals surface area contributed by atoms with Crippen molar-refractivity contribution >= 4 is 29.5 Å². The van der Waals surface area contributed by atoms with Gasteiger partial charge in [-0.15, -0.1) is 18.3 Å². The number of aliphatic hydroxyl groups excluding tert-OH is 1. The van der Waals surface area contributed by atoms with Gasteiger partial charge in [0.05, 0.1) is 29.2 Å². The SMILES string of the molecule is C=CCOC(=O)[C@@H]1[C@@H]2CC(C)C3(S2)C(C(=O)N(CC=C)C(C)(C)CC(C)(C)C)N([C@@H](CO)C(C)C)C(=O)[C@H]13. The first kappa shape index (κ1) is 30.7. The zero-order valence-electron chi connectivity index (χ0n) is 24.5. The Bertz CT molecular complexity index is 957. The molecule has 3 fully saturated rings. The molecule has 1 spiro atoms. The highest BCUT2D eigenvalue weighted by Crippen LogP contribution is 2.69. The molecular weight excluding hydrogens is 500 g/mol. The van der Waals surface area contributed by atoms with Gasteiger partial charge in [-0.1, -0.05) is 60.3 Å². The van der Waals surface area contributed by atoms with Crippen LogP contribution in [-0.2, 0) is 19.1 Å². The highest BCUT2D eigenvalue weighted by Gasteiger charge is 2.77. The van der Waals surface area contributed by atoms with Crippen LogP contribution in [0.3, 0.4) is 0 Å². The van der Waals surface area contributed by atoms with Crippen LogP contribution in [-0.4, -0.2) is 80.1 Å². The van der Waals surface area contributed by atoms with Gasteiger partial charge in [0, 0.05) is 17.3 Å². The number of amides is 2. The second-order valence-electron chi connectivity index (χ2n) is 13.5. The number of rotatable bonds is 11. The van der Waals surface area contributed by atoms with Crippen molar-refractivity contribution < 1.29 is 24.2 Å². The summed E-state index contributed by atoms with van der Waals surface area (Å²) in [5, 5.41) is 10.4. The van der Waals surface area contributed by atoms with Crippen molar-refractivity contribution in [3.63, 3.8) is 0 Å². The van der Waals surface area contributed by atoms with Crippen molar-refractivity contribution in [2.75, 3.05) is 19.8 Å². The fraction of sp³-hybridized carbons (Fsp3) is 0.767. The van der Waals surface area contributed by atoms with Crippen LogP contribution in [0.15, 0.2) is 25.3 Å². The predicted octanol–water partition coefficient (Wildman–Crippen LogP) is 4.30. The summed E-state index contributed by atoms with van der Waals surface area (Å²) in [6.45, 7) is 24.4. The second kappa shape index (κ2) is 11.0. The fourth-order valence-electron chi connectivity index (χ4n) is 7.53. The maximum absolute atomic E-state index is 14.8. The number of thioether (sulfide) groups is 1. The minimum atomic E-state index is -0.791. The predicted molar refractivity (Wildman–Crippen MR) is 152 cm³/mol. The van der Waals surface area contributed by atoms with E-state index in [1.165, 1.54) is 6.08 Å². The summed E-state index contributed by atoms with van der Waals surface area (Å²) < 4.78 is 4.71. The number of fused-ring (bicyclic) bond motifs is 1. The Morgan fingerprint density at radius 3 is 2.37 bits per heavy atom. The number of esters is 1. The van der Waals surface area contributed by atoms with E-state index in [2.05, 4.69) is 54.7 Å². The third kappa shape index (κ3) is 5.07. The normalized spacial score (nSPS) is 31.4. The molecule has 3 aliphatic heterocycles. The van der Waals surface area contributed by atoms with Crippen molar-refractivity contribution in [1.82, 2.24) is 9.80 Å². The molecule has 7 atom stereocenters. The number of carbonyl (C=O) groups excluding carboxylic acids is 3. The van der Waals surface area contributed by atoms with Gasteiger partial charge in [-0.2, -0.15) is 0 Å². The summed E-state index contributed by atoms with van der Waals surface area (Å²) in [6, 6.07) is -1.33. The summed E-state index contributed by atoms with van der Waals surface area (Å²) in [5.74, 6) is -2.07. The third-order valence-corrected chi connectivity index (χ3v) is 10.7. The Morgan fingerprint density at radius 2 is 1.87 bits per heavy atom. The zero-order chi connectivity index (χ0) is 28.8. The highest BCUT2D eigenvalue weighted by molar-refractivity contribution is 8.02. The summed E-state index contributed by atoms with van der Waals surface area (Å²) in [7, 11) is 0. The van der Waals surface area contributed by atoms with Crippen molar-refractivity contribution in [3.05, 3.63) is 25.3 Å². The molecule has 2 bridgehead atoms. The van der Waals surface area contributed by atoms with E-state index in [-0.39, 0.29) is 47.5 Å². The molecule has 0 radical (unpaired) electrons. The number of carbonyl (C=O) groups is 3. The molecule has 0 aromatic carbocycles. The van der Waals surface area contributed by atoms with E-state index in [4.69, 9.17) is 4.74 Å². The lowest BCUT2D eigenvalue weighted by Crippen LogP contribution is -2.63. The highest BCUT2D eigenvalue weighted by atomic mass is 32.2. The van der Waals surface area contributed by atoms with Gasteiger partial charge < -0.3 is 19.6 Å². The Hall–Kier alpha value is -1.80. The third-order valence-electron chi connectivity index (χ3n) is 8.62. The number of likely N-dealkylation sites (tertiary alicyclic amines) is 1. The van der Waals surface area contributed by atoms with Crippen LogP contribution in [0.2, 0.25) is 0 Å². The molecule has 3 saturated heterocycles. The molecule has 3 rings (SSSR count). The standard InChI is InChI=1S/C30H48N2O5S/c1-11-13-31(29(9,10)17-28(6,7)8)26(35)24-30-19(5)15-21(38-30)22(27(36)37-14-12-2)23(30)25(34)32(24)20(16-33)18(3)4/h11-12,18-24,33H,1-2,13-17H2,3-10H3/t19?,20-,21-,22+,23-,24?,30?/m0/s1. The smallest absolute Gasteiger partial charge is 0.311 e. The molecule has 38 heavy (non-hydrogen) atoms. The lowest BCUT2D eigenvalue weighted by molar-refractivity contribution is -0.154. The Labute approximate surface area is 233 Å². The molecule has 0 aliphatic carbocycles. The fourth-order valence-corrected chi connectivity index (χ4v) is 9.92. The summed E-state index contributed by atoms with van der Waals surface area (Å²) >= 11 is 1.63. The number of ether oxygens (including phenoxy) is 1. The minimum absolute atomic E-state index is 0.0331. The molecule has 1 N–H and O–H groups in total. The van der Waals surface area contributed by atoms with Crippen molar-refractivity contribution in [2.24, 2.45) is 29.1 Å². The van der Waals surface area contributed by atoms with Crippen LogP contribution in [0.4, 0.5) is 0 Å². The Balaban J connectivity index is 2.18. The van der Waals surface area contributed by atoms with Crippen LogP contribution in [0.1, 0.15) is 68.2 Å². The van der Waals surface area contributed by atoms with Crippen LogP contribution in [0.5, 0.6) is 0 Å². The number of hydrogen-bond donors (Lipinski definition) is 1. The van der Waals surface area contributed by atoms with E-state index in [9.17, 15) is 19.5 Å². The van der Waals surface area contributed by atoms with E-state index in [0.29, 0.717) is 6.54 Å². The molecule has 0 saturated carbocycles.